The molecule has 0 aromatic rings. The van der Waals surface area contributed by atoms with Gasteiger partial charge in [-0.15, -0.1) is 0 Å². The summed E-state index contributed by atoms with van der Waals surface area (Å²) in [4.78, 5) is 23.8. The highest BCUT2D eigenvalue weighted by Crippen LogP contribution is 2.16. The summed E-state index contributed by atoms with van der Waals surface area (Å²) in [6.07, 6.45) is 0. The molecule has 4 heteroatoms. The van der Waals surface area contributed by atoms with Crippen LogP contribution in [0.4, 0.5) is 0 Å². The standard InChI is InChI=1S/C9H17NO3/c1-5-10(6-2)9(4,7(3)11)8(12)13/h5-6H2,1-4H3,(H,12,13). The SMILES string of the molecule is CCN(CC)C(C)(C(C)=O)C(=O)O. The third-order valence-electron chi connectivity index (χ3n) is 2.50. The molecule has 76 valence electrons. The average Bonchev–Trinajstić information content (AvgIpc) is 2.05. The van der Waals surface area contributed by atoms with Crippen LogP contribution in [0.1, 0.15) is 27.7 Å². The number of Topliss-reactive ketones (excluding diaryl/α,β-unsaturated/α-hetero) is 1. The van der Waals surface area contributed by atoms with Crippen LogP contribution >= 0.6 is 0 Å². The van der Waals surface area contributed by atoms with Gasteiger partial charge in [0.05, 0.1) is 0 Å². The van der Waals surface area contributed by atoms with Crippen LogP contribution in [0.15, 0.2) is 0 Å². The van der Waals surface area contributed by atoms with E-state index in [1.807, 2.05) is 13.8 Å². The lowest BCUT2D eigenvalue weighted by Crippen LogP contribution is -2.57. The fraction of sp³-hybridized carbons (Fsp3) is 0.778. The van der Waals surface area contributed by atoms with Crippen LogP contribution in [0.2, 0.25) is 0 Å². The lowest BCUT2D eigenvalue weighted by molar-refractivity contribution is -0.155. The van der Waals surface area contributed by atoms with Gasteiger partial charge in [-0.25, -0.2) is 4.79 Å². The summed E-state index contributed by atoms with van der Waals surface area (Å²) in [6, 6.07) is 0. The highest BCUT2D eigenvalue weighted by atomic mass is 16.4. The van der Waals surface area contributed by atoms with E-state index in [1.54, 1.807) is 4.90 Å². The number of aliphatic carboxylic acids is 1. The summed E-state index contributed by atoms with van der Waals surface area (Å²) in [7, 11) is 0. The third-order valence-corrected chi connectivity index (χ3v) is 2.50. The number of hydrogen-bond acceptors (Lipinski definition) is 3. The van der Waals surface area contributed by atoms with Gasteiger partial charge in [-0.05, 0) is 26.9 Å². The molecule has 0 fully saturated rings. The second kappa shape index (κ2) is 4.37. The van der Waals surface area contributed by atoms with Crippen LogP contribution in [0.3, 0.4) is 0 Å². The number of nitrogens with zero attached hydrogens (tertiary/aromatic N) is 1. The summed E-state index contributed by atoms with van der Waals surface area (Å²) >= 11 is 0. The van der Waals surface area contributed by atoms with Crippen molar-refractivity contribution in [3.05, 3.63) is 0 Å². The summed E-state index contributed by atoms with van der Waals surface area (Å²) < 4.78 is 0. The minimum Gasteiger partial charge on any atom is -0.480 e. The second-order valence-electron chi connectivity index (χ2n) is 3.11. The zero-order valence-electron chi connectivity index (χ0n) is 8.63. The van der Waals surface area contributed by atoms with Crippen LogP contribution in [0.5, 0.6) is 0 Å². The van der Waals surface area contributed by atoms with Gasteiger partial charge >= 0.3 is 5.97 Å². The molecule has 0 aromatic carbocycles. The average molecular weight is 187 g/mol. The topological polar surface area (TPSA) is 57.6 Å². The molecule has 0 saturated heterocycles. The van der Waals surface area contributed by atoms with Crippen molar-refractivity contribution in [3.63, 3.8) is 0 Å². The van der Waals surface area contributed by atoms with E-state index in [1.165, 1.54) is 13.8 Å². The zero-order chi connectivity index (χ0) is 10.6. The fourth-order valence-corrected chi connectivity index (χ4v) is 1.36. The number of carboxylic acid groups (broad SMARTS) is 1. The van der Waals surface area contributed by atoms with E-state index in [0.717, 1.165) is 0 Å². The van der Waals surface area contributed by atoms with Crippen molar-refractivity contribution in [3.8, 4) is 0 Å². The Hall–Kier alpha value is -0.900. The van der Waals surface area contributed by atoms with Crippen LogP contribution in [-0.2, 0) is 9.59 Å². The molecule has 0 rings (SSSR count). The monoisotopic (exact) mass is 187 g/mol. The molecule has 13 heavy (non-hydrogen) atoms. The Morgan fingerprint density at radius 1 is 1.31 bits per heavy atom. The summed E-state index contributed by atoms with van der Waals surface area (Å²) in [6.45, 7) is 7.55. The third kappa shape index (κ3) is 2.06. The van der Waals surface area contributed by atoms with Gasteiger partial charge in [-0.2, -0.15) is 0 Å². The number of ketones is 1. The predicted octanol–water partition coefficient (Wildman–Crippen LogP) is 0.760. The van der Waals surface area contributed by atoms with E-state index >= 15 is 0 Å². The predicted molar refractivity (Wildman–Crippen MR) is 49.6 cm³/mol. The van der Waals surface area contributed by atoms with Crippen molar-refractivity contribution in [1.29, 1.82) is 0 Å². The van der Waals surface area contributed by atoms with Gasteiger partial charge < -0.3 is 5.11 Å². The lowest BCUT2D eigenvalue weighted by atomic mass is 9.95. The van der Waals surface area contributed by atoms with Gasteiger partial charge in [0, 0.05) is 0 Å². The number of carbonyl (C=O) groups excluding carboxylic acids is 1. The molecule has 0 radical (unpaired) electrons. The molecule has 0 spiro atoms. The lowest BCUT2D eigenvalue weighted by Gasteiger charge is -2.34. The first-order valence-corrected chi connectivity index (χ1v) is 4.40. The summed E-state index contributed by atoms with van der Waals surface area (Å²) in [5.74, 6) is -1.41. The van der Waals surface area contributed by atoms with Gasteiger partial charge in [0.15, 0.2) is 11.3 Å². The van der Waals surface area contributed by atoms with E-state index in [-0.39, 0.29) is 5.78 Å². The number of likely N-dealkylation sites (N-methyl/N-ethyl adjacent to an activating group) is 1. The Bertz CT molecular complexity index is 195. The maximum Gasteiger partial charge on any atom is 0.331 e. The Kier molecular flexibility index (Phi) is 4.07. The van der Waals surface area contributed by atoms with Crippen molar-refractivity contribution < 1.29 is 14.7 Å². The fourth-order valence-electron chi connectivity index (χ4n) is 1.36. The maximum atomic E-state index is 11.2. The molecule has 1 atom stereocenters. The van der Waals surface area contributed by atoms with E-state index in [9.17, 15) is 9.59 Å². The Morgan fingerprint density at radius 2 is 1.69 bits per heavy atom. The summed E-state index contributed by atoms with van der Waals surface area (Å²) in [5.41, 5.74) is -1.37. The first kappa shape index (κ1) is 12.1. The molecular weight excluding hydrogens is 170 g/mol. The Morgan fingerprint density at radius 3 is 1.77 bits per heavy atom. The number of hydrogen-bond donors (Lipinski definition) is 1. The normalized spacial score (nSPS) is 15.5. The van der Waals surface area contributed by atoms with Gasteiger partial charge in [-0.3, -0.25) is 9.69 Å². The van der Waals surface area contributed by atoms with Crippen molar-refractivity contribution in [2.24, 2.45) is 0 Å². The quantitative estimate of drug-likeness (QED) is 0.645. The highest BCUT2D eigenvalue weighted by Gasteiger charge is 2.42. The number of carbonyl (C=O) groups is 2. The maximum absolute atomic E-state index is 11.2. The zero-order valence-corrected chi connectivity index (χ0v) is 8.63. The van der Waals surface area contributed by atoms with E-state index in [2.05, 4.69) is 0 Å². The summed E-state index contributed by atoms with van der Waals surface area (Å²) in [5, 5.41) is 8.97. The van der Waals surface area contributed by atoms with Crippen LogP contribution in [0.25, 0.3) is 0 Å². The van der Waals surface area contributed by atoms with Crippen LogP contribution in [-0.4, -0.2) is 40.4 Å². The second-order valence-corrected chi connectivity index (χ2v) is 3.11. The molecule has 0 heterocycles. The smallest absolute Gasteiger partial charge is 0.331 e. The van der Waals surface area contributed by atoms with Gasteiger partial charge in [0.2, 0.25) is 0 Å². The highest BCUT2D eigenvalue weighted by molar-refractivity contribution is 6.06. The van der Waals surface area contributed by atoms with Crippen molar-refractivity contribution in [2.75, 3.05) is 13.1 Å². The van der Waals surface area contributed by atoms with Gasteiger partial charge in [0.1, 0.15) is 0 Å². The van der Waals surface area contributed by atoms with Crippen molar-refractivity contribution in [1.82, 2.24) is 4.90 Å². The Balaban J connectivity index is 4.98. The molecule has 1 unspecified atom stereocenters. The first-order valence-electron chi connectivity index (χ1n) is 4.40. The molecular formula is C9H17NO3. The largest absolute Gasteiger partial charge is 0.480 e. The van der Waals surface area contributed by atoms with E-state index in [4.69, 9.17) is 5.11 Å². The Labute approximate surface area is 78.5 Å². The molecule has 0 aliphatic rings. The van der Waals surface area contributed by atoms with E-state index in [0.29, 0.717) is 13.1 Å². The van der Waals surface area contributed by atoms with E-state index < -0.39 is 11.5 Å². The molecule has 0 aromatic heterocycles. The molecule has 0 bridgehead atoms. The number of rotatable bonds is 5. The molecule has 4 nitrogen and oxygen atoms in total. The minimum absolute atomic E-state index is 0.330. The van der Waals surface area contributed by atoms with Gasteiger partial charge in [-0.1, -0.05) is 13.8 Å². The van der Waals surface area contributed by atoms with Crippen LogP contribution < -0.4 is 0 Å². The number of carboxylic acids is 1. The van der Waals surface area contributed by atoms with Crippen molar-refractivity contribution in [2.45, 2.75) is 33.2 Å². The molecule has 0 saturated carbocycles. The minimum atomic E-state index is -1.37. The van der Waals surface area contributed by atoms with Crippen molar-refractivity contribution >= 4 is 11.8 Å². The first-order chi connectivity index (χ1) is 5.91. The molecule has 0 aliphatic carbocycles. The molecule has 1 N–H and O–H groups in total. The molecule has 0 aliphatic heterocycles. The van der Waals surface area contributed by atoms with Crippen LogP contribution in [0, 0.1) is 0 Å². The molecule has 0 amide bonds. The van der Waals surface area contributed by atoms with Gasteiger partial charge in [0.25, 0.3) is 0 Å².